The lowest BCUT2D eigenvalue weighted by atomic mass is 10.1. The summed E-state index contributed by atoms with van der Waals surface area (Å²) in [7, 11) is 0. The number of likely N-dealkylation sites (tertiary alicyclic amines) is 1. The Morgan fingerprint density at radius 2 is 1.95 bits per heavy atom. The van der Waals surface area contributed by atoms with Gasteiger partial charge in [0.25, 0.3) is 5.56 Å². The van der Waals surface area contributed by atoms with Crippen molar-refractivity contribution in [2.45, 2.75) is 32.1 Å². The molecule has 1 aromatic carbocycles. The Morgan fingerprint density at radius 1 is 1.18 bits per heavy atom. The molecule has 0 aliphatic carbocycles. The van der Waals surface area contributed by atoms with Crippen molar-refractivity contribution in [1.82, 2.24) is 9.88 Å². The molecule has 0 radical (unpaired) electrons. The molecule has 1 N–H and O–H groups in total. The SMILES string of the molecule is O=C(CCc1cc2ccc(F)cc2[nH]c1=O)N1CCCCC1. The van der Waals surface area contributed by atoms with Crippen LogP contribution in [0.4, 0.5) is 4.39 Å². The number of rotatable bonds is 3. The van der Waals surface area contributed by atoms with Crippen molar-refractivity contribution in [3.8, 4) is 0 Å². The molecule has 1 fully saturated rings. The summed E-state index contributed by atoms with van der Waals surface area (Å²) in [6.45, 7) is 1.65. The van der Waals surface area contributed by atoms with Gasteiger partial charge < -0.3 is 9.88 Å². The minimum absolute atomic E-state index is 0.110. The van der Waals surface area contributed by atoms with Crippen LogP contribution >= 0.6 is 0 Å². The molecule has 0 unspecified atom stereocenters. The van der Waals surface area contributed by atoms with Gasteiger partial charge in [-0.25, -0.2) is 4.39 Å². The first kappa shape index (κ1) is 14.8. The Kier molecular flexibility index (Phi) is 4.22. The molecule has 2 aromatic rings. The molecule has 0 saturated carbocycles. The molecule has 1 saturated heterocycles. The first-order chi connectivity index (χ1) is 10.6. The second kappa shape index (κ2) is 6.30. The van der Waals surface area contributed by atoms with Crippen LogP contribution in [-0.2, 0) is 11.2 Å². The normalized spacial score (nSPS) is 15.2. The summed E-state index contributed by atoms with van der Waals surface area (Å²) < 4.78 is 13.2. The van der Waals surface area contributed by atoms with E-state index in [2.05, 4.69) is 4.98 Å². The van der Waals surface area contributed by atoms with Crippen molar-refractivity contribution in [2.24, 2.45) is 0 Å². The summed E-state index contributed by atoms with van der Waals surface area (Å²) in [5.41, 5.74) is 0.810. The van der Waals surface area contributed by atoms with E-state index in [4.69, 9.17) is 0 Å². The van der Waals surface area contributed by atoms with Crippen LogP contribution in [0.15, 0.2) is 29.1 Å². The molecular weight excluding hydrogens is 283 g/mol. The van der Waals surface area contributed by atoms with Crippen molar-refractivity contribution in [2.75, 3.05) is 13.1 Å². The Morgan fingerprint density at radius 3 is 2.73 bits per heavy atom. The minimum Gasteiger partial charge on any atom is -0.343 e. The number of piperidine rings is 1. The monoisotopic (exact) mass is 302 g/mol. The standard InChI is InChI=1S/C17H19FN2O2/c18-14-6-4-12-10-13(17(22)19-15(12)11-14)5-7-16(21)20-8-2-1-3-9-20/h4,6,10-11H,1-3,5,7-9H2,(H,19,22). The van der Waals surface area contributed by atoms with E-state index in [0.717, 1.165) is 31.3 Å². The first-order valence-corrected chi connectivity index (χ1v) is 7.73. The van der Waals surface area contributed by atoms with Gasteiger partial charge in [0.2, 0.25) is 5.91 Å². The van der Waals surface area contributed by atoms with E-state index in [-0.39, 0.29) is 17.3 Å². The van der Waals surface area contributed by atoms with Gasteiger partial charge in [0.05, 0.1) is 5.52 Å². The molecular formula is C17H19FN2O2. The highest BCUT2D eigenvalue weighted by Gasteiger charge is 2.16. The molecule has 22 heavy (non-hydrogen) atoms. The zero-order valence-corrected chi connectivity index (χ0v) is 12.4. The number of nitrogens with one attached hydrogen (secondary N) is 1. The fourth-order valence-corrected chi connectivity index (χ4v) is 2.95. The van der Waals surface area contributed by atoms with Crippen LogP contribution in [0.25, 0.3) is 10.9 Å². The molecule has 1 aromatic heterocycles. The Labute approximate surface area is 127 Å². The second-order valence-electron chi connectivity index (χ2n) is 5.80. The lowest BCUT2D eigenvalue weighted by Gasteiger charge is -2.26. The zero-order valence-electron chi connectivity index (χ0n) is 12.4. The molecule has 1 aliphatic rings. The number of fused-ring (bicyclic) bond motifs is 1. The van der Waals surface area contributed by atoms with Crippen LogP contribution in [-0.4, -0.2) is 28.9 Å². The third-order valence-electron chi connectivity index (χ3n) is 4.20. The largest absolute Gasteiger partial charge is 0.343 e. The van der Waals surface area contributed by atoms with Crippen molar-refractivity contribution in [3.05, 3.63) is 46.0 Å². The van der Waals surface area contributed by atoms with E-state index in [9.17, 15) is 14.0 Å². The van der Waals surface area contributed by atoms with Crippen LogP contribution in [0.1, 0.15) is 31.2 Å². The van der Waals surface area contributed by atoms with Gasteiger partial charge in [-0.15, -0.1) is 0 Å². The number of halogens is 1. The van der Waals surface area contributed by atoms with Gasteiger partial charge in [-0.2, -0.15) is 0 Å². The number of hydrogen-bond acceptors (Lipinski definition) is 2. The fraction of sp³-hybridized carbons (Fsp3) is 0.412. The van der Waals surface area contributed by atoms with E-state index in [1.807, 2.05) is 4.90 Å². The molecule has 1 amide bonds. The van der Waals surface area contributed by atoms with Gasteiger partial charge in [-0.05, 0) is 55.3 Å². The van der Waals surface area contributed by atoms with Crippen molar-refractivity contribution in [3.63, 3.8) is 0 Å². The molecule has 2 heterocycles. The number of aryl methyl sites for hydroxylation is 1. The first-order valence-electron chi connectivity index (χ1n) is 7.73. The van der Waals surface area contributed by atoms with Crippen molar-refractivity contribution >= 4 is 16.8 Å². The molecule has 3 rings (SSSR count). The number of hydrogen-bond donors (Lipinski definition) is 1. The maximum absolute atomic E-state index is 13.2. The fourth-order valence-electron chi connectivity index (χ4n) is 2.95. The highest BCUT2D eigenvalue weighted by atomic mass is 19.1. The number of pyridine rings is 1. The molecule has 0 bridgehead atoms. The number of amides is 1. The molecule has 5 heteroatoms. The summed E-state index contributed by atoms with van der Waals surface area (Å²) >= 11 is 0. The number of benzene rings is 1. The smallest absolute Gasteiger partial charge is 0.251 e. The molecule has 0 atom stereocenters. The molecule has 0 spiro atoms. The number of aromatic nitrogens is 1. The molecule has 116 valence electrons. The van der Waals surface area contributed by atoms with Gasteiger partial charge in [-0.3, -0.25) is 9.59 Å². The van der Waals surface area contributed by atoms with Gasteiger partial charge in [-0.1, -0.05) is 0 Å². The van der Waals surface area contributed by atoms with Crippen LogP contribution < -0.4 is 5.56 Å². The number of carbonyl (C=O) groups is 1. The van der Waals surface area contributed by atoms with Crippen LogP contribution in [0.5, 0.6) is 0 Å². The average molecular weight is 302 g/mol. The quantitative estimate of drug-likeness (QED) is 0.947. The van der Waals surface area contributed by atoms with E-state index < -0.39 is 0 Å². The Balaban J connectivity index is 1.73. The summed E-state index contributed by atoms with van der Waals surface area (Å²) in [5.74, 6) is -0.269. The topological polar surface area (TPSA) is 53.2 Å². The number of aromatic amines is 1. The van der Waals surface area contributed by atoms with Gasteiger partial charge >= 0.3 is 0 Å². The zero-order chi connectivity index (χ0) is 15.5. The second-order valence-corrected chi connectivity index (χ2v) is 5.80. The Bertz CT molecular complexity index is 748. The average Bonchev–Trinajstić information content (AvgIpc) is 2.53. The van der Waals surface area contributed by atoms with Gasteiger partial charge in [0.15, 0.2) is 0 Å². The van der Waals surface area contributed by atoms with E-state index in [0.29, 0.717) is 23.9 Å². The highest BCUT2D eigenvalue weighted by molar-refractivity contribution is 5.79. The number of H-pyrrole nitrogens is 1. The summed E-state index contributed by atoms with van der Waals surface area (Å²) in [6.07, 6.45) is 4.07. The maximum Gasteiger partial charge on any atom is 0.251 e. The van der Waals surface area contributed by atoms with E-state index >= 15 is 0 Å². The third kappa shape index (κ3) is 3.18. The maximum atomic E-state index is 13.2. The van der Waals surface area contributed by atoms with E-state index in [1.165, 1.54) is 18.6 Å². The summed E-state index contributed by atoms with van der Waals surface area (Å²) in [6, 6.07) is 6.05. The van der Waals surface area contributed by atoms with Gasteiger partial charge in [0.1, 0.15) is 5.82 Å². The third-order valence-corrected chi connectivity index (χ3v) is 4.20. The number of nitrogens with zero attached hydrogens (tertiary/aromatic N) is 1. The van der Waals surface area contributed by atoms with Crippen molar-refractivity contribution < 1.29 is 9.18 Å². The summed E-state index contributed by atoms with van der Waals surface area (Å²) in [5, 5.41) is 0.779. The van der Waals surface area contributed by atoms with Crippen LogP contribution in [0.3, 0.4) is 0 Å². The van der Waals surface area contributed by atoms with Crippen LogP contribution in [0, 0.1) is 5.82 Å². The highest BCUT2D eigenvalue weighted by Crippen LogP contribution is 2.15. The molecule has 1 aliphatic heterocycles. The Hall–Kier alpha value is -2.17. The predicted octanol–water partition coefficient (Wildman–Crippen LogP) is 2.61. The minimum atomic E-state index is -0.379. The molecule has 4 nitrogen and oxygen atoms in total. The summed E-state index contributed by atoms with van der Waals surface area (Å²) in [4.78, 5) is 28.8. The van der Waals surface area contributed by atoms with Gasteiger partial charge in [0, 0.05) is 25.1 Å². The lowest BCUT2D eigenvalue weighted by Crippen LogP contribution is -2.35. The predicted molar refractivity (Wildman–Crippen MR) is 83.3 cm³/mol. The van der Waals surface area contributed by atoms with Crippen LogP contribution in [0.2, 0.25) is 0 Å². The van der Waals surface area contributed by atoms with Crippen molar-refractivity contribution in [1.29, 1.82) is 0 Å². The lowest BCUT2D eigenvalue weighted by molar-refractivity contribution is -0.132. The van der Waals surface area contributed by atoms with E-state index in [1.54, 1.807) is 12.1 Å². The number of carbonyl (C=O) groups excluding carboxylic acids is 1.